The summed E-state index contributed by atoms with van der Waals surface area (Å²) in [5, 5.41) is 6.20. The van der Waals surface area contributed by atoms with E-state index in [0.717, 1.165) is 27.7 Å². The summed E-state index contributed by atoms with van der Waals surface area (Å²) in [6.45, 7) is 3.77. The van der Waals surface area contributed by atoms with Crippen molar-refractivity contribution >= 4 is 55.8 Å². The van der Waals surface area contributed by atoms with Crippen molar-refractivity contribution in [2.75, 3.05) is 5.32 Å². The van der Waals surface area contributed by atoms with Crippen LogP contribution < -0.4 is 10.9 Å². The molecule has 8 heteroatoms. The highest BCUT2D eigenvalue weighted by Crippen LogP contribution is 2.31. The molecule has 0 saturated carbocycles. The van der Waals surface area contributed by atoms with E-state index in [4.69, 9.17) is 0 Å². The average molecular weight is 487 g/mol. The number of aryl methyl sites for hydroxylation is 1. The molecule has 1 unspecified atom stereocenters. The van der Waals surface area contributed by atoms with Crippen molar-refractivity contribution < 1.29 is 4.79 Å². The first kappa shape index (κ1) is 22.3. The Morgan fingerprint density at radius 3 is 2.74 bits per heavy atom. The van der Waals surface area contributed by atoms with Crippen LogP contribution in [-0.4, -0.2) is 26.1 Å². The van der Waals surface area contributed by atoms with Gasteiger partial charge >= 0.3 is 0 Å². The lowest BCUT2D eigenvalue weighted by atomic mass is 10.1. The lowest BCUT2D eigenvalue weighted by Crippen LogP contribution is -2.23. The Labute approximate surface area is 204 Å². The number of nitrogens with one attached hydrogen (secondary N) is 2. The molecule has 3 heterocycles. The van der Waals surface area contributed by atoms with E-state index in [0.29, 0.717) is 27.5 Å². The number of H-pyrrole nitrogens is 1. The van der Waals surface area contributed by atoms with Crippen LogP contribution in [0.15, 0.2) is 70.8 Å². The number of aromatic nitrogens is 3. The minimum Gasteiger partial charge on any atom is -0.323 e. The molecule has 2 N–H and O–H groups in total. The highest BCUT2D eigenvalue weighted by molar-refractivity contribution is 7.99. The van der Waals surface area contributed by atoms with Crippen LogP contribution in [0, 0.1) is 6.92 Å². The summed E-state index contributed by atoms with van der Waals surface area (Å²) in [6.07, 6.45) is 0. The predicted molar refractivity (Wildman–Crippen MR) is 142 cm³/mol. The minimum atomic E-state index is -0.343. The smallest absolute Gasteiger partial charge is 0.260 e. The van der Waals surface area contributed by atoms with Gasteiger partial charge in [0, 0.05) is 22.0 Å². The van der Waals surface area contributed by atoms with Crippen LogP contribution in [0.5, 0.6) is 0 Å². The van der Waals surface area contributed by atoms with E-state index in [1.54, 1.807) is 0 Å². The van der Waals surface area contributed by atoms with Crippen LogP contribution in [0.25, 0.3) is 32.2 Å². The van der Waals surface area contributed by atoms with Gasteiger partial charge in [-0.1, -0.05) is 48.5 Å². The predicted octanol–water partition coefficient (Wildman–Crippen LogP) is 5.77. The first-order valence-corrected chi connectivity index (χ1v) is 12.8. The number of carbonyl (C=O) groups is 1. The van der Waals surface area contributed by atoms with Gasteiger partial charge in [-0.3, -0.25) is 14.6 Å². The summed E-state index contributed by atoms with van der Waals surface area (Å²) in [4.78, 5) is 38.5. The molecule has 0 aliphatic carbocycles. The molecule has 34 heavy (non-hydrogen) atoms. The number of para-hydroxylation sites is 1. The van der Waals surface area contributed by atoms with Gasteiger partial charge in [-0.25, -0.2) is 4.98 Å². The van der Waals surface area contributed by atoms with Crippen LogP contribution in [0.4, 0.5) is 5.69 Å². The van der Waals surface area contributed by atoms with Crippen molar-refractivity contribution in [2.24, 2.45) is 0 Å². The summed E-state index contributed by atoms with van der Waals surface area (Å²) in [6, 6.07) is 19.5. The molecule has 0 fully saturated rings. The standard InChI is InChI=1S/C26H22N4O2S2/c1-15-11-12-18-9-6-10-20(23(18)27-15)28-24(31)16(2)33-14-21-29-25(32)22-19(13-34-26(22)30-21)17-7-4-3-5-8-17/h3-13,16H,14H2,1-2H3,(H,28,31)(H,29,30,32). The van der Waals surface area contributed by atoms with E-state index >= 15 is 0 Å². The monoisotopic (exact) mass is 486 g/mol. The second-order valence-corrected chi connectivity index (χ2v) is 10.2. The molecule has 0 saturated heterocycles. The summed E-state index contributed by atoms with van der Waals surface area (Å²) in [7, 11) is 0. The number of thioether (sulfide) groups is 1. The van der Waals surface area contributed by atoms with Crippen molar-refractivity contribution in [3.63, 3.8) is 0 Å². The second kappa shape index (κ2) is 9.40. The number of nitrogens with zero attached hydrogens (tertiary/aromatic N) is 2. The van der Waals surface area contributed by atoms with Gasteiger partial charge in [-0.15, -0.1) is 23.1 Å². The number of anilines is 1. The molecule has 0 radical (unpaired) electrons. The van der Waals surface area contributed by atoms with E-state index in [1.165, 1.54) is 23.1 Å². The highest BCUT2D eigenvalue weighted by atomic mass is 32.2. The van der Waals surface area contributed by atoms with Crippen LogP contribution in [0.3, 0.4) is 0 Å². The molecule has 5 aromatic rings. The van der Waals surface area contributed by atoms with Gasteiger partial charge in [0.2, 0.25) is 5.91 Å². The molecule has 0 aliphatic rings. The Morgan fingerprint density at radius 2 is 1.91 bits per heavy atom. The van der Waals surface area contributed by atoms with E-state index in [2.05, 4.69) is 20.3 Å². The average Bonchev–Trinajstić information content (AvgIpc) is 3.28. The molecule has 6 nitrogen and oxygen atoms in total. The van der Waals surface area contributed by atoms with Crippen LogP contribution in [-0.2, 0) is 10.5 Å². The van der Waals surface area contributed by atoms with Gasteiger partial charge in [0.05, 0.1) is 27.6 Å². The summed E-state index contributed by atoms with van der Waals surface area (Å²) >= 11 is 2.88. The second-order valence-electron chi connectivity index (χ2n) is 7.98. The molecule has 0 aliphatic heterocycles. The maximum Gasteiger partial charge on any atom is 0.260 e. The van der Waals surface area contributed by atoms with Crippen molar-refractivity contribution in [1.29, 1.82) is 0 Å². The molecule has 0 bridgehead atoms. The van der Waals surface area contributed by atoms with Crippen molar-refractivity contribution in [3.8, 4) is 11.1 Å². The number of amides is 1. The third kappa shape index (κ3) is 4.47. The lowest BCUT2D eigenvalue weighted by molar-refractivity contribution is -0.115. The molecule has 2 aromatic carbocycles. The Balaban J connectivity index is 1.30. The molecule has 1 amide bonds. The number of hydrogen-bond donors (Lipinski definition) is 2. The Morgan fingerprint density at radius 1 is 1.09 bits per heavy atom. The number of thiophene rings is 1. The number of hydrogen-bond acceptors (Lipinski definition) is 6. The first-order chi connectivity index (χ1) is 16.5. The van der Waals surface area contributed by atoms with Crippen molar-refractivity contribution in [1.82, 2.24) is 15.0 Å². The largest absolute Gasteiger partial charge is 0.323 e. The maximum absolute atomic E-state index is 12.9. The maximum atomic E-state index is 12.9. The molecule has 170 valence electrons. The lowest BCUT2D eigenvalue weighted by Gasteiger charge is -2.13. The van der Waals surface area contributed by atoms with E-state index in [-0.39, 0.29) is 16.7 Å². The molecule has 3 aromatic heterocycles. The number of aromatic amines is 1. The summed E-state index contributed by atoms with van der Waals surface area (Å²) in [5.41, 5.74) is 4.09. The fourth-order valence-electron chi connectivity index (χ4n) is 3.75. The quantitative estimate of drug-likeness (QED) is 0.318. The summed E-state index contributed by atoms with van der Waals surface area (Å²) in [5.74, 6) is 0.864. The van der Waals surface area contributed by atoms with Crippen molar-refractivity contribution in [2.45, 2.75) is 24.9 Å². The topological polar surface area (TPSA) is 87.7 Å². The number of pyridine rings is 1. The zero-order valence-electron chi connectivity index (χ0n) is 18.7. The van der Waals surface area contributed by atoms with E-state index in [9.17, 15) is 9.59 Å². The zero-order chi connectivity index (χ0) is 23.7. The first-order valence-electron chi connectivity index (χ1n) is 10.8. The Bertz CT molecular complexity index is 1560. The van der Waals surface area contributed by atoms with Gasteiger partial charge in [-0.05, 0) is 31.5 Å². The fraction of sp³-hybridized carbons (Fsp3) is 0.154. The van der Waals surface area contributed by atoms with E-state index < -0.39 is 0 Å². The number of rotatable bonds is 6. The minimum absolute atomic E-state index is 0.119. The Hall–Kier alpha value is -3.49. The fourth-order valence-corrected chi connectivity index (χ4v) is 5.47. The third-order valence-corrected chi connectivity index (χ3v) is 7.56. The van der Waals surface area contributed by atoms with Gasteiger partial charge in [-0.2, -0.15) is 0 Å². The molecule has 5 rings (SSSR count). The van der Waals surface area contributed by atoms with Gasteiger partial charge in [0.1, 0.15) is 10.7 Å². The van der Waals surface area contributed by atoms with Gasteiger partial charge in [0.25, 0.3) is 5.56 Å². The molecule has 0 spiro atoms. The molecular weight excluding hydrogens is 464 g/mol. The number of carbonyl (C=O) groups excluding carboxylic acids is 1. The number of benzene rings is 2. The number of fused-ring (bicyclic) bond motifs is 2. The highest BCUT2D eigenvalue weighted by Gasteiger charge is 2.17. The van der Waals surface area contributed by atoms with Crippen LogP contribution >= 0.6 is 23.1 Å². The van der Waals surface area contributed by atoms with Gasteiger partial charge in [0.15, 0.2) is 0 Å². The third-order valence-electron chi connectivity index (χ3n) is 5.53. The van der Waals surface area contributed by atoms with Gasteiger partial charge < -0.3 is 10.3 Å². The molecular formula is C26H22N4O2S2. The van der Waals surface area contributed by atoms with Crippen LogP contribution in [0.1, 0.15) is 18.4 Å². The Kier molecular flexibility index (Phi) is 6.17. The summed E-state index contributed by atoms with van der Waals surface area (Å²) < 4.78 is 0. The normalized spacial score (nSPS) is 12.2. The van der Waals surface area contributed by atoms with E-state index in [1.807, 2.05) is 79.9 Å². The molecule has 1 atom stereocenters. The SMILES string of the molecule is Cc1ccc2cccc(NC(=O)C(C)SCc3nc4scc(-c5ccccc5)c4c(=O)[nH]3)c2n1. The van der Waals surface area contributed by atoms with Crippen LogP contribution in [0.2, 0.25) is 0 Å². The zero-order valence-corrected chi connectivity index (χ0v) is 20.3. The van der Waals surface area contributed by atoms with Crippen molar-refractivity contribution in [3.05, 3.63) is 87.9 Å².